The van der Waals surface area contributed by atoms with Crippen molar-refractivity contribution >= 4 is 28.5 Å². The number of nitrogens with zero attached hydrogens (tertiary/aromatic N) is 2. The molecular weight excluding hydrogens is 254 g/mol. The Hall–Kier alpha value is -1.63. The van der Waals surface area contributed by atoms with Crippen LogP contribution in [0.2, 0.25) is 0 Å². The molecule has 98 valence electrons. The van der Waals surface area contributed by atoms with Gasteiger partial charge in [-0.05, 0) is 6.92 Å². The van der Waals surface area contributed by atoms with Crippen LogP contribution in [-0.2, 0) is 4.79 Å². The van der Waals surface area contributed by atoms with E-state index in [1.54, 1.807) is 18.0 Å². The number of carbonyl (C=O) groups excluding carboxylic acids is 1. The standard InChI is InChI=1S/C11H15N3O3S/c1-6-3-12-10(18-6)13-11(17)14-4-8(5-14)7(2)9(15)16/h3,7-8H,4-5H2,1-2H3,(H,15,16)(H,12,13,17). The molecule has 1 aromatic heterocycles. The van der Waals surface area contributed by atoms with Crippen molar-refractivity contribution < 1.29 is 14.7 Å². The van der Waals surface area contributed by atoms with Gasteiger partial charge in [0.2, 0.25) is 0 Å². The summed E-state index contributed by atoms with van der Waals surface area (Å²) in [5.74, 6) is -1.17. The highest BCUT2D eigenvalue weighted by Crippen LogP contribution is 2.25. The first-order chi connectivity index (χ1) is 8.47. The minimum Gasteiger partial charge on any atom is -0.481 e. The van der Waals surface area contributed by atoms with Gasteiger partial charge in [-0.25, -0.2) is 9.78 Å². The predicted octanol–water partition coefficient (Wildman–Crippen LogP) is 1.64. The number of hydrogen-bond donors (Lipinski definition) is 2. The van der Waals surface area contributed by atoms with Crippen LogP contribution in [0.15, 0.2) is 6.20 Å². The number of amides is 2. The third kappa shape index (κ3) is 2.61. The molecule has 2 rings (SSSR count). The van der Waals surface area contributed by atoms with Gasteiger partial charge in [0.05, 0.1) is 5.92 Å². The fourth-order valence-electron chi connectivity index (χ4n) is 1.78. The highest BCUT2D eigenvalue weighted by atomic mass is 32.1. The average Bonchev–Trinajstić information content (AvgIpc) is 2.61. The van der Waals surface area contributed by atoms with Crippen LogP contribution in [0.3, 0.4) is 0 Å². The fraction of sp³-hybridized carbons (Fsp3) is 0.545. The largest absolute Gasteiger partial charge is 0.481 e. The molecule has 0 radical (unpaired) electrons. The second-order valence-electron chi connectivity index (χ2n) is 4.50. The number of hydrogen-bond acceptors (Lipinski definition) is 4. The lowest BCUT2D eigenvalue weighted by molar-refractivity contribution is -0.144. The third-order valence-corrected chi connectivity index (χ3v) is 3.96. The maximum Gasteiger partial charge on any atom is 0.323 e. The van der Waals surface area contributed by atoms with E-state index in [0.717, 1.165) is 4.88 Å². The summed E-state index contributed by atoms with van der Waals surface area (Å²) >= 11 is 1.42. The molecule has 0 aliphatic carbocycles. The van der Waals surface area contributed by atoms with E-state index in [9.17, 15) is 9.59 Å². The Labute approximate surface area is 109 Å². The number of aryl methyl sites for hydroxylation is 1. The van der Waals surface area contributed by atoms with Crippen LogP contribution in [0, 0.1) is 18.8 Å². The van der Waals surface area contributed by atoms with Crippen molar-refractivity contribution in [2.75, 3.05) is 18.4 Å². The van der Waals surface area contributed by atoms with Crippen LogP contribution >= 0.6 is 11.3 Å². The zero-order valence-corrected chi connectivity index (χ0v) is 11.0. The zero-order chi connectivity index (χ0) is 13.3. The van der Waals surface area contributed by atoms with Gasteiger partial charge in [-0.1, -0.05) is 6.92 Å². The van der Waals surface area contributed by atoms with Crippen LogP contribution in [0.25, 0.3) is 0 Å². The number of rotatable bonds is 3. The number of aliphatic carboxylic acids is 1. The summed E-state index contributed by atoms with van der Waals surface area (Å²) in [6.45, 7) is 4.57. The summed E-state index contributed by atoms with van der Waals surface area (Å²) in [7, 11) is 0. The lowest BCUT2D eigenvalue weighted by Crippen LogP contribution is -2.54. The van der Waals surface area contributed by atoms with Crippen molar-refractivity contribution in [3.8, 4) is 0 Å². The summed E-state index contributed by atoms with van der Waals surface area (Å²) in [6.07, 6.45) is 1.70. The zero-order valence-electron chi connectivity index (χ0n) is 10.2. The van der Waals surface area contributed by atoms with Gasteiger partial charge in [0.25, 0.3) is 0 Å². The number of anilines is 1. The molecule has 18 heavy (non-hydrogen) atoms. The van der Waals surface area contributed by atoms with Gasteiger partial charge in [0.15, 0.2) is 5.13 Å². The van der Waals surface area contributed by atoms with Crippen LogP contribution < -0.4 is 5.32 Å². The highest BCUT2D eigenvalue weighted by molar-refractivity contribution is 7.15. The quantitative estimate of drug-likeness (QED) is 0.873. The van der Waals surface area contributed by atoms with Crippen molar-refractivity contribution in [2.24, 2.45) is 11.8 Å². The predicted molar refractivity (Wildman–Crippen MR) is 67.7 cm³/mol. The van der Waals surface area contributed by atoms with E-state index in [1.165, 1.54) is 11.3 Å². The molecule has 2 heterocycles. The molecule has 1 aliphatic rings. The molecular formula is C11H15N3O3S. The number of carboxylic acid groups (broad SMARTS) is 1. The van der Waals surface area contributed by atoms with Crippen LogP contribution in [0.1, 0.15) is 11.8 Å². The van der Waals surface area contributed by atoms with Crippen LogP contribution in [0.5, 0.6) is 0 Å². The lowest BCUT2D eigenvalue weighted by Gasteiger charge is -2.40. The number of thiazole rings is 1. The molecule has 0 aromatic carbocycles. The molecule has 0 bridgehead atoms. The summed E-state index contributed by atoms with van der Waals surface area (Å²) in [5, 5.41) is 12.1. The van der Waals surface area contributed by atoms with Gasteiger partial charge < -0.3 is 10.0 Å². The first kappa shape index (κ1) is 12.8. The molecule has 1 aliphatic heterocycles. The number of carboxylic acids is 1. The molecule has 1 fully saturated rings. The molecule has 0 saturated carbocycles. The van der Waals surface area contributed by atoms with E-state index in [-0.39, 0.29) is 11.9 Å². The SMILES string of the molecule is Cc1cnc(NC(=O)N2CC(C(C)C(=O)O)C2)s1. The Morgan fingerprint density at radius 2 is 2.28 bits per heavy atom. The first-order valence-corrected chi connectivity index (χ1v) is 6.50. The number of aromatic nitrogens is 1. The fourth-order valence-corrected chi connectivity index (χ4v) is 2.43. The van der Waals surface area contributed by atoms with Gasteiger partial charge in [0, 0.05) is 30.1 Å². The Balaban J connectivity index is 1.81. The van der Waals surface area contributed by atoms with E-state index in [1.807, 2.05) is 6.92 Å². The van der Waals surface area contributed by atoms with Crippen LogP contribution in [0.4, 0.5) is 9.93 Å². The van der Waals surface area contributed by atoms with E-state index >= 15 is 0 Å². The smallest absolute Gasteiger partial charge is 0.323 e. The van der Waals surface area contributed by atoms with E-state index < -0.39 is 11.9 Å². The normalized spacial score (nSPS) is 17.1. The average molecular weight is 269 g/mol. The molecule has 1 aromatic rings. The minimum absolute atomic E-state index is 0.0475. The maximum atomic E-state index is 11.8. The molecule has 7 heteroatoms. The third-order valence-electron chi connectivity index (χ3n) is 3.13. The van der Waals surface area contributed by atoms with Gasteiger partial charge >= 0.3 is 12.0 Å². The minimum atomic E-state index is -0.810. The number of nitrogens with one attached hydrogen (secondary N) is 1. The van der Waals surface area contributed by atoms with Crippen LogP contribution in [-0.4, -0.2) is 40.1 Å². The lowest BCUT2D eigenvalue weighted by atomic mass is 9.87. The molecule has 0 spiro atoms. The van der Waals surface area contributed by atoms with Crippen molar-refractivity contribution in [2.45, 2.75) is 13.8 Å². The van der Waals surface area contributed by atoms with Gasteiger partial charge in [-0.15, -0.1) is 11.3 Å². The van der Waals surface area contributed by atoms with Crippen molar-refractivity contribution in [1.29, 1.82) is 0 Å². The Bertz CT molecular complexity index is 468. The maximum absolute atomic E-state index is 11.8. The highest BCUT2D eigenvalue weighted by Gasteiger charge is 2.37. The summed E-state index contributed by atoms with van der Waals surface area (Å²) in [6, 6.07) is -0.210. The van der Waals surface area contributed by atoms with Crippen molar-refractivity contribution in [3.63, 3.8) is 0 Å². The van der Waals surface area contributed by atoms with Gasteiger partial charge in [0.1, 0.15) is 0 Å². The van der Waals surface area contributed by atoms with Gasteiger partial charge in [-0.2, -0.15) is 0 Å². The van der Waals surface area contributed by atoms with E-state index in [2.05, 4.69) is 10.3 Å². The summed E-state index contributed by atoms with van der Waals surface area (Å²) < 4.78 is 0. The number of carbonyl (C=O) groups is 2. The second kappa shape index (κ2) is 4.93. The van der Waals surface area contributed by atoms with E-state index in [0.29, 0.717) is 18.2 Å². The number of likely N-dealkylation sites (tertiary alicyclic amines) is 1. The topological polar surface area (TPSA) is 82.5 Å². The monoisotopic (exact) mass is 269 g/mol. The summed E-state index contributed by atoms with van der Waals surface area (Å²) in [4.78, 5) is 29.2. The van der Waals surface area contributed by atoms with Crippen molar-refractivity contribution in [1.82, 2.24) is 9.88 Å². The van der Waals surface area contributed by atoms with Gasteiger partial charge in [-0.3, -0.25) is 10.1 Å². The molecule has 2 amide bonds. The Morgan fingerprint density at radius 3 is 2.78 bits per heavy atom. The Morgan fingerprint density at radius 1 is 1.61 bits per heavy atom. The molecule has 6 nitrogen and oxygen atoms in total. The molecule has 1 saturated heterocycles. The summed E-state index contributed by atoms with van der Waals surface area (Å²) in [5.41, 5.74) is 0. The first-order valence-electron chi connectivity index (χ1n) is 5.68. The van der Waals surface area contributed by atoms with E-state index in [4.69, 9.17) is 5.11 Å². The van der Waals surface area contributed by atoms with Crippen molar-refractivity contribution in [3.05, 3.63) is 11.1 Å². The molecule has 1 atom stereocenters. The Kier molecular flexibility index (Phi) is 3.51. The second-order valence-corrected chi connectivity index (χ2v) is 5.73. The number of urea groups is 1. The molecule has 1 unspecified atom stereocenters. The molecule has 2 N–H and O–H groups in total.